The quantitative estimate of drug-likeness (QED) is 0.310. The van der Waals surface area contributed by atoms with Gasteiger partial charge in [0, 0.05) is 17.1 Å². The largest absolute Gasteiger partial charge is 0.465 e. The van der Waals surface area contributed by atoms with E-state index in [9.17, 15) is 20.1 Å². The standard InChI is InChI=1S/C27H25N5O3S2/c1-14(2)21-18(12-28)24(30)32-25(19(21)13-29)36-11-10-20(33)31-26-22(27(34)35-3)17-9-8-15-6-4-5-7-16(15)23(17)37-26/h4-7,14H,8-11H2,1-3H3,(H2,30,32)(H,31,33). The van der Waals surface area contributed by atoms with E-state index in [0.29, 0.717) is 38.9 Å². The summed E-state index contributed by atoms with van der Waals surface area (Å²) in [5.74, 6) is -0.432. The topological polar surface area (TPSA) is 142 Å². The molecular formula is C27H25N5O3S2. The van der Waals surface area contributed by atoms with E-state index in [4.69, 9.17) is 10.5 Å². The SMILES string of the molecule is COC(=O)c1c(NC(=O)CCSc2nc(N)c(C#N)c(C(C)C)c2C#N)sc2c1CCc1ccccc1-2. The molecule has 0 bridgehead atoms. The number of thioether (sulfide) groups is 1. The van der Waals surface area contributed by atoms with Gasteiger partial charge < -0.3 is 15.8 Å². The fourth-order valence-electron chi connectivity index (χ4n) is 4.48. The molecule has 1 amide bonds. The van der Waals surface area contributed by atoms with Crippen LogP contribution in [0.1, 0.15) is 64.4 Å². The number of nitrogens with zero attached hydrogens (tertiary/aromatic N) is 3. The number of carbonyl (C=O) groups is 2. The lowest BCUT2D eigenvalue weighted by atomic mass is 9.89. The van der Waals surface area contributed by atoms with Gasteiger partial charge in [-0.15, -0.1) is 23.1 Å². The molecule has 2 aromatic heterocycles. The van der Waals surface area contributed by atoms with Crippen molar-refractivity contribution in [2.75, 3.05) is 23.9 Å². The zero-order valence-electron chi connectivity index (χ0n) is 20.7. The molecule has 0 saturated carbocycles. The van der Waals surface area contributed by atoms with Gasteiger partial charge in [-0.3, -0.25) is 4.79 Å². The van der Waals surface area contributed by atoms with Crippen LogP contribution in [0.25, 0.3) is 10.4 Å². The Morgan fingerprint density at radius 1 is 1.22 bits per heavy atom. The third-order valence-corrected chi connectivity index (χ3v) is 8.31. The molecule has 3 aromatic rings. The molecule has 0 fully saturated rings. The number of anilines is 2. The Morgan fingerprint density at radius 3 is 2.62 bits per heavy atom. The highest BCUT2D eigenvalue weighted by molar-refractivity contribution is 7.99. The second-order valence-electron chi connectivity index (χ2n) is 8.75. The Bertz CT molecular complexity index is 1480. The van der Waals surface area contributed by atoms with Gasteiger partial charge in [-0.25, -0.2) is 9.78 Å². The van der Waals surface area contributed by atoms with Crippen molar-refractivity contribution in [1.29, 1.82) is 10.5 Å². The van der Waals surface area contributed by atoms with Gasteiger partial charge in [0.2, 0.25) is 5.91 Å². The Balaban J connectivity index is 1.54. The summed E-state index contributed by atoms with van der Waals surface area (Å²) >= 11 is 2.62. The van der Waals surface area contributed by atoms with Crippen molar-refractivity contribution in [2.45, 2.75) is 44.1 Å². The maximum atomic E-state index is 12.9. The number of nitrogens with one attached hydrogen (secondary N) is 1. The van der Waals surface area contributed by atoms with E-state index in [1.165, 1.54) is 35.8 Å². The molecule has 0 unspecified atom stereocenters. The van der Waals surface area contributed by atoms with Crippen LogP contribution >= 0.6 is 23.1 Å². The molecule has 10 heteroatoms. The number of aromatic nitrogens is 1. The molecule has 1 aromatic carbocycles. The first-order chi connectivity index (χ1) is 17.8. The van der Waals surface area contributed by atoms with Gasteiger partial charge in [-0.1, -0.05) is 38.1 Å². The summed E-state index contributed by atoms with van der Waals surface area (Å²) in [4.78, 5) is 30.8. The number of aryl methyl sites for hydroxylation is 1. The number of nitrogens with two attached hydrogens (primary N) is 1. The normalized spacial score (nSPS) is 11.7. The number of methoxy groups -OCH3 is 1. The van der Waals surface area contributed by atoms with Crippen LogP contribution in [0.3, 0.4) is 0 Å². The van der Waals surface area contributed by atoms with E-state index in [-0.39, 0.29) is 29.6 Å². The number of nitriles is 2. The molecule has 8 nitrogen and oxygen atoms in total. The molecule has 0 spiro atoms. The number of hydrogen-bond donors (Lipinski definition) is 2. The van der Waals surface area contributed by atoms with Gasteiger partial charge in [0.1, 0.15) is 28.0 Å². The Kier molecular flexibility index (Phi) is 7.82. The summed E-state index contributed by atoms with van der Waals surface area (Å²) in [6.07, 6.45) is 1.63. The van der Waals surface area contributed by atoms with Crippen LogP contribution in [0.5, 0.6) is 0 Å². The monoisotopic (exact) mass is 531 g/mol. The van der Waals surface area contributed by atoms with Gasteiger partial charge in [0.05, 0.1) is 23.8 Å². The third-order valence-electron chi connectivity index (χ3n) is 6.16. The summed E-state index contributed by atoms with van der Waals surface area (Å²) in [5, 5.41) is 23.0. The minimum Gasteiger partial charge on any atom is -0.465 e. The highest BCUT2D eigenvalue weighted by Crippen LogP contribution is 2.45. The van der Waals surface area contributed by atoms with E-state index < -0.39 is 5.97 Å². The van der Waals surface area contributed by atoms with Gasteiger partial charge in [0.15, 0.2) is 0 Å². The highest BCUT2D eigenvalue weighted by atomic mass is 32.2. The Morgan fingerprint density at radius 2 is 1.95 bits per heavy atom. The smallest absolute Gasteiger partial charge is 0.341 e. The lowest BCUT2D eigenvalue weighted by Gasteiger charge is -2.16. The molecule has 0 radical (unpaired) electrons. The van der Waals surface area contributed by atoms with Crippen molar-refractivity contribution in [2.24, 2.45) is 0 Å². The first-order valence-corrected chi connectivity index (χ1v) is 13.5. The first-order valence-electron chi connectivity index (χ1n) is 11.7. The van der Waals surface area contributed by atoms with Crippen LogP contribution in [0.2, 0.25) is 0 Å². The summed E-state index contributed by atoms with van der Waals surface area (Å²) in [6.45, 7) is 3.77. The lowest BCUT2D eigenvalue weighted by molar-refractivity contribution is -0.115. The van der Waals surface area contributed by atoms with Gasteiger partial charge in [-0.2, -0.15) is 10.5 Å². The number of benzene rings is 1. The van der Waals surface area contributed by atoms with E-state index >= 15 is 0 Å². The summed E-state index contributed by atoms with van der Waals surface area (Å²) in [6, 6.07) is 12.3. The molecular weight excluding hydrogens is 506 g/mol. The molecule has 2 heterocycles. The number of hydrogen-bond acceptors (Lipinski definition) is 9. The molecule has 188 valence electrons. The van der Waals surface area contributed by atoms with Crippen LogP contribution in [0, 0.1) is 22.7 Å². The van der Waals surface area contributed by atoms with E-state index in [2.05, 4.69) is 22.4 Å². The van der Waals surface area contributed by atoms with Crippen molar-refractivity contribution >= 4 is 45.8 Å². The van der Waals surface area contributed by atoms with Crippen molar-refractivity contribution in [3.05, 3.63) is 57.6 Å². The maximum absolute atomic E-state index is 12.9. The second kappa shape index (κ2) is 11.0. The number of nitrogen functional groups attached to an aromatic ring is 1. The van der Waals surface area contributed by atoms with Gasteiger partial charge >= 0.3 is 5.97 Å². The van der Waals surface area contributed by atoms with Gasteiger partial charge in [0.25, 0.3) is 0 Å². The van der Waals surface area contributed by atoms with E-state index in [0.717, 1.165) is 22.4 Å². The number of pyridine rings is 1. The van der Waals surface area contributed by atoms with Crippen LogP contribution in [-0.2, 0) is 22.4 Å². The molecule has 0 atom stereocenters. The maximum Gasteiger partial charge on any atom is 0.341 e. The minimum absolute atomic E-state index is 0.0734. The zero-order chi connectivity index (χ0) is 26.7. The van der Waals surface area contributed by atoms with Crippen molar-refractivity contribution in [3.8, 4) is 22.6 Å². The average molecular weight is 532 g/mol. The third kappa shape index (κ3) is 5.04. The highest BCUT2D eigenvalue weighted by Gasteiger charge is 2.29. The number of amides is 1. The molecule has 1 aliphatic rings. The van der Waals surface area contributed by atoms with Crippen LogP contribution < -0.4 is 11.1 Å². The zero-order valence-corrected chi connectivity index (χ0v) is 22.3. The van der Waals surface area contributed by atoms with Crippen LogP contribution in [0.4, 0.5) is 10.8 Å². The Labute approximate surface area is 223 Å². The number of fused-ring (bicyclic) bond motifs is 3. The fourth-order valence-corrected chi connectivity index (χ4v) is 6.74. The molecule has 1 aliphatic carbocycles. The van der Waals surface area contributed by atoms with Gasteiger partial charge in [-0.05, 0) is 41.0 Å². The molecule has 3 N–H and O–H groups in total. The minimum atomic E-state index is -0.473. The predicted octanol–water partition coefficient (Wildman–Crippen LogP) is 5.27. The van der Waals surface area contributed by atoms with E-state index in [1.54, 1.807) is 0 Å². The first kappa shape index (κ1) is 26.2. The number of ether oxygens (including phenoxy) is 1. The van der Waals surface area contributed by atoms with Crippen LogP contribution in [-0.4, -0.2) is 29.7 Å². The molecule has 37 heavy (non-hydrogen) atoms. The number of esters is 1. The average Bonchev–Trinajstić information content (AvgIpc) is 3.25. The molecule has 0 aliphatic heterocycles. The predicted molar refractivity (Wildman–Crippen MR) is 145 cm³/mol. The number of thiophene rings is 1. The van der Waals surface area contributed by atoms with Crippen molar-refractivity contribution < 1.29 is 14.3 Å². The lowest BCUT2D eigenvalue weighted by Crippen LogP contribution is -2.15. The molecule has 0 saturated heterocycles. The van der Waals surface area contributed by atoms with Crippen LogP contribution in [0.15, 0.2) is 29.3 Å². The molecule has 4 rings (SSSR count). The summed E-state index contributed by atoms with van der Waals surface area (Å²) in [5.41, 5.74) is 10.7. The van der Waals surface area contributed by atoms with Crippen molar-refractivity contribution in [1.82, 2.24) is 4.98 Å². The fraction of sp³-hybridized carbons (Fsp3) is 0.296. The van der Waals surface area contributed by atoms with Crippen molar-refractivity contribution in [3.63, 3.8) is 0 Å². The van der Waals surface area contributed by atoms with E-state index in [1.807, 2.05) is 38.1 Å². The Hall–Kier alpha value is -3.86. The number of rotatable bonds is 7. The second-order valence-corrected chi connectivity index (χ2v) is 10.9. The summed E-state index contributed by atoms with van der Waals surface area (Å²) in [7, 11) is 1.33. The number of carbonyl (C=O) groups excluding carboxylic acids is 2. The summed E-state index contributed by atoms with van der Waals surface area (Å²) < 4.78 is 5.03.